The number of aromatic nitrogens is 1. The number of thioether (sulfide) groups is 1. The minimum Gasteiger partial charge on any atom is -0.371 e. The molecular formula is C19H23N3OS. The summed E-state index contributed by atoms with van der Waals surface area (Å²) < 4.78 is 0. The van der Waals surface area contributed by atoms with E-state index in [4.69, 9.17) is 0 Å². The predicted molar refractivity (Wildman–Crippen MR) is 99.7 cm³/mol. The van der Waals surface area contributed by atoms with Gasteiger partial charge in [0.25, 0.3) is 5.91 Å². The van der Waals surface area contributed by atoms with Gasteiger partial charge in [0.05, 0.1) is 5.56 Å². The lowest BCUT2D eigenvalue weighted by Gasteiger charge is -2.33. The van der Waals surface area contributed by atoms with Crippen LogP contribution in [0.5, 0.6) is 0 Å². The third-order valence-corrected chi connectivity index (χ3v) is 5.34. The highest BCUT2D eigenvalue weighted by molar-refractivity contribution is 7.98. The van der Waals surface area contributed by atoms with Gasteiger partial charge < -0.3 is 10.2 Å². The van der Waals surface area contributed by atoms with Gasteiger partial charge in [-0.05, 0) is 49.3 Å². The number of carbonyl (C=O) groups excluding carboxylic acids is 1. The van der Waals surface area contributed by atoms with E-state index in [0.29, 0.717) is 5.92 Å². The molecule has 0 bridgehead atoms. The summed E-state index contributed by atoms with van der Waals surface area (Å²) in [6, 6.07) is 11.9. The Bertz CT molecular complexity index is 669. The predicted octanol–water partition coefficient (Wildman–Crippen LogP) is 3.45. The Kier molecular flexibility index (Phi) is 5.75. The monoisotopic (exact) mass is 341 g/mol. The normalized spacial score (nSPS) is 15.3. The van der Waals surface area contributed by atoms with E-state index in [1.807, 2.05) is 42.9 Å². The molecule has 1 aliphatic heterocycles. The standard InChI is InChI=1S/C19H23N3OS/c1-24-18-5-3-2-4-17(18)19(23)21-14-15-8-12-22(13-9-15)16-6-10-20-11-7-16/h2-7,10-11,15H,8-9,12-14H2,1H3,(H,21,23). The third-order valence-electron chi connectivity index (χ3n) is 4.55. The first-order valence-corrected chi connectivity index (χ1v) is 9.56. The number of pyridine rings is 1. The zero-order valence-electron chi connectivity index (χ0n) is 13.9. The van der Waals surface area contributed by atoms with Gasteiger partial charge >= 0.3 is 0 Å². The van der Waals surface area contributed by atoms with Crippen LogP contribution in [0.25, 0.3) is 0 Å². The van der Waals surface area contributed by atoms with Crippen molar-refractivity contribution in [2.45, 2.75) is 17.7 Å². The minimum absolute atomic E-state index is 0.0384. The quantitative estimate of drug-likeness (QED) is 0.846. The van der Waals surface area contributed by atoms with Gasteiger partial charge in [-0.15, -0.1) is 11.8 Å². The fraction of sp³-hybridized carbons (Fsp3) is 0.368. The minimum atomic E-state index is 0.0384. The number of carbonyl (C=O) groups is 1. The molecule has 0 saturated carbocycles. The average molecular weight is 341 g/mol. The lowest BCUT2D eigenvalue weighted by atomic mass is 9.96. The molecule has 0 spiro atoms. The number of nitrogens with zero attached hydrogens (tertiary/aromatic N) is 2. The molecular weight excluding hydrogens is 318 g/mol. The van der Waals surface area contributed by atoms with E-state index in [1.54, 1.807) is 11.8 Å². The molecule has 4 nitrogen and oxygen atoms in total. The van der Waals surface area contributed by atoms with Gasteiger partial charge in [-0.2, -0.15) is 0 Å². The average Bonchev–Trinajstić information content (AvgIpc) is 2.67. The van der Waals surface area contributed by atoms with Crippen molar-refractivity contribution in [2.75, 3.05) is 30.8 Å². The molecule has 1 amide bonds. The van der Waals surface area contributed by atoms with Gasteiger partial charge in [0, 0.05) is 42.6 Å². The summed E-state index contributed by atoms with van der Waals surface area (Å²) >= 11 is 1.61. The summed E-state index contributed by atoms with van der Waals surface area (Å²) in [4.78, 5) is 19.9. The maximum atomic E-state index is 12.4. The summed E-state index contributed by atoms with van der Waals surface area (Å²) in [6.07, 6.45) is 7.89. The molecule has 5 heteroatoms. The van der Waals surface area contributed by atoms with Crippen molar-refractivity contribution in [3.63, 3.8) is 0 Å². The van der Waals surface area contributed by atoms with Crippen LogP contribution in [0.15, 0.2) is 53.7 Å². The van der Waals surface area contributed by atoms with Crippen LogP contribution in [0.2, 0.25) is 0 Å². The van der Waals surface area contributed by atoms with Crippen molar-refractivity contribution in [1.29, 1.82) is 0 Å². The van der Waals surface area contributed by atoms with Crippen LogP contribution in [0, 0.1) is 5.92 Å². The van der Waals surface area contributed by atoms with Gasteiger partial charge in [0.2, 0.25) is 0 Å². The Labute approximate surface area is 147 Å². The first-order valence-electron chi connectivity index (χ1n) is 8.34. The summed E-state index contributed by atoms with van der Waals surface area (Å²) in [6.45, 7) is 2.82. The van der Waals surface area contributed by atoms with Crippen LogP contribution in [-0.2, 0) is 0 Å². The van der Waals surface area contributed by atoms with Crippen molar-refractivity contribution in [1.82, 2.24) is 10.3 Å². The second-order valence-corrected chi connectivity index (χ2v) is 6.89. The van der Waals surface area contributed by atoms with E-state index in [0.717, 1.165) is 42.9 Å². The molecule has 126 valence electrons. The molecule has 3 rings (SSSR count). The molecule has 0 radical (unpaired) electrons. The molecule has 2 aromatic rings. The fourth-order valence-corrected chi connectivity index (χ4v) is 3.71. The topological polar surface area (TPSA) is 45.2 Å². The van der Waals surface area contributed by atoms with E-state index in [-0.39, 0.29) is 5.91 Å². The highest BCUT2D eigenvalue weighted by Crippen LogP contribution is 2.23. The molecule has 1 fully saturated rings. The Morgan fingerprint density at radius 3 is 2.62 bits per heavy atom. The molecule has 1 aliphatic rings. The van der Waals surface area contributed by atoms with E-state index in [2.05, 4.69) is 27.3 Å². The zero-order chi connectivity index (χ0) is 16.8. The number of anilines is 1. The number of rotatable bonds is 5. The molecule has 2 heterocycles. The van der Waals surface area contributed by atoms with E-state index < -0.39 is 0 Å². The Hall–Kier alpha value is -2.01. The second kappa shape index (κ2) is 8.20. The van der Waals surface area contributed by atoms with Gasteiger partial charge in [0.15, 0.2) is 0 Å². The van der Waals surface area contributed by atoms with Crippen LogP contribution in [0.3, 0.4) is 0 Å². The van der Waals surface area contributed by atoms with Crippen molar-refractivity contribution < 1.29 is 4.79 Å². The van der Waals surface area contributed by atoms with Gasteiger partial charge in [-0.3, -0.25) is 9.78 Å². The van der Waals surface area contributed by atoms with Crippen molar-refractivity contribution >= 4 is 23.4 Å². The van der Waals surface area contributed by atoms with Crippen LogP contribution in [-0.4, -0.2) is 36.8 Å². The highest BCUT2D eigenvalue weighted by Gasteiger charge is 2.20. The Morgan fingerprint density at radius 1 is 1.21 bits per heavy atom. The maximum absolute atomic E-state index is 12.4. The molecule has 1 N–H and O–H groups in total. The van der Waals surface area contributed by atoms with Crippen molar-refractivity contribution in [3.05, 3.63) is 54.4 Å². The van der Waals surface area contributed by atoms with Crippen LogP contribution < -0.4 is 10.2 Å². The smallest absolute Gasteiger partial charge is 0.252 e. The molecule has 0 unspecified atom stereocenters. The van der Waals surface area contributed by atoms with Crippen molar-refractivity contribution in [2.24, 2.45) is 5.92 Å². The number of benzene rings is 1. The summed E-state index contributed by atoms with van der Waals surface area (Å²) in [5.41, 5.74) is 2.01. The van der Waals surface area contributed by atoms with Crippen LogP contribution >= 0.6 is 11.8 Å². The zero-order valence-corrected chi connectivity index (χ0v) is 14.8. The van der Waals surface area contributed by atoms with Crippen LogP contribution in [0.4, 0.5) is 5.69 Å². The highest BCUT2D eigenvalue weighted by atomic mass is 32.2. The summed E-state index contributed by atoms with van der Waals surface area (Å²) in [5.74, 6) is 0.588. The summed E-state index contributed by atoms with van der Waals surface area (Å²) in [5, 5.41) is 3.12. The number of hydrogen-bond acceptors (Lipinski definition) is 4. The van der Waals surface area contributed by atoms with Crippen LogP contribution in [0.1, 0.15) is 23.2 Å². The molecule has 1 aromatic carbocycles. The first kappa shape index (κ1) is 16.8. The Balaban J connectivity index is 1.49. The number of piperidine rings is 1. The number of hydrogen-bond donors (Lipinski definition) is 1. The van der Waals surface area contributed by atoms with Gasteiger partial charge in [-0.25, -0.2) is 0 Å². The molecule has 0 aliphatic carbocycles. The fourth-order valence-electron chi connectivity index (χ4n) is 3.11. The maximum Gasteiger partial charge on any atom is 0.252 e. The number of nitrogens with one attached hydrogen (secondary N) is 1. The first-order chi connectivity index (χ1) is 11.8. The lowest BCUT2D eigenvalue weighted by molar-refractivity contribution is 0.0942. The van der Waals surface area contributed by atoms with E-state index >= 15 is 0 Å². The van der Waals surface area contributed by atoms with Gasteiger partial charge in [0.1, 0.15) is 0 Å². The summed E-state index contributed by atoms with van der Waals surface area (Å²) in [7, 11) is 0. The van der Waals surface area contributed by atoms with Gasteiger partial charge in [-0.1, -0.05) is 12.1 Å². The Morgan fingerprint density at radius 2 is 1.92 bits per heavy atom. The molecule has 1 saturated heterocycles. The molecule has 0 atom stereocenters. The SMILES string of the molecule is CSc1ccccc1C(=O)NCC1CCN(c2ccncc2)CC1. The molecule has 24 heavy (non-hydrogen) atoms. The van der Waals surface area contributed by atoms with E-state index in [1.165, 1.54) is 5.69 Å². The van der Waals surface area contributed by atoms with E-state index in [9.17, 15) is 4.79 Å². The molecule has 1 aromatic heterocycles. The second-order valence-electron chi connectivity index (χ2n) is 6.05. The lowest BCUT2D eigenvalue weighted by Crippen LogP contribution is -2.38. The number of amides is 1. The third kappa shape index (κ3) is 4.09. The van der Waals surface area contributed by atoms with Crippen molar-refractivity contribution in [3.8, 4) is 0 Å². The largest absolute Gasteiger partial charge is 0.371 e.